The van der Waals surface area contributed by atoms with Gasteiger partial charge >= 0.3 is 5.69 Å². The van der Waals surface area contributed by atoms with Crippen molar-refractivity contribution in [3.8, 4) is 0 Å². The Morgan fingerprint density at radius 2 is 1.85 bits per heavy atom. The summed E-state index contributed by atoms with van der Waals surface area (Å²) in [5.41, 5.74) is 0.408. The smallest absolute Gasteiger partial charge is 0.333 e. The maximum atomic E-state index is 13.3. The first kappa shape index (κ1) is 33.7. The van der Waals surface area contributed by atoms with Crippen LogP contribution in [-0.4, -0.2) is 69.3 Å². The third-order valence-electron chi connectivity index (χ3n) is 6.16. The van der Waals surface area contributed by atoms with Crippen LogP contribution in [0.3, 0.4) is 0 Å². The van der Waals surface area contributed by atoms with Crippen molar-refractivity contribution in [1.29, 1.82) is 0 Å². The van der Waals surface area contributed by atoms with Crippen LogP contribution in [0.2, 0.25) is 0 Å². The van der Waals surface area contributed by atoms with Gasteiger partial charge in [-0.15, -0.1) is 5.10 Å². The summed E-state index contributed by atoms with van der Waals surface area (Å²) in [6.07, 6.45) is 7.10. The minimum atomic E-state index is -0.814. The number of aryl methyl sites for hydroxylation is 1. The Balaban J connectivity index is 0.000000877. The maximum Gasteiger partial charge on any atom is 0.333 e. The van der Waals surface area contributed by atoms with Gasteiger partial charge in [0.1, 0.15) is 18.0 Å². The number of ether oxygens (including phenoxy) is 2. The van der Waals surface area contributed by atoms with E-state index in [1.165, 1.54) is 28.7 Å². The van der Waals surface area contributed by atoms with Gasteiger partial charge in [0, 0.05) is 57.5 Å². The SMILES string of the molecule is CC.C[C-]=O.[CH2-]c1cn(C[C@H]2O[C@@H](n3cc(C)c(=O)n(Cc4cn([C@H]5CCCCO5)nn4)c3=O)CC2O)nn1.[Y]. The molecule has 3 aromatic rings. The molecule has 0 amide bonds. The van der Waals surface area contributed by atoms with Gasteiger partial charge in [0.15, 0.2) is 6.23 Å². The summed E-state index contributed by atoms with van der Waals surface area (Å²) >= 11 is 0. The molecule has 0 spiro atoms. The molecular weight excluding hydrogens is 597 g/mol. The van der Waals surface area contributed by atoms with Crippen molar-refractivity contribution in [1.82, 2.24) is 39.1 Å². The van der Waals surface area contributed by atoms with Crippen LogP contribution in [0.5, 0.6) is 0 Å². The molecule has 40 heavy (non-hydrogen) atoms. The van der Waals surface area contributed by atoms with Gasteiger partial charge in [0.05, 0.1) is 25.4 Å². The van der Waals surface area contributed by atoms with Crippen molar-refractivity contribution in [2.75, 3.05) is 6.61 Å². The zero-order valence-corrected chi connectivity index (χ0v) is 26.2. The Bertz CT molecular complexity index is 1330. The molecule has 3 aromatic heterocycles. The van der Waals surface area contributed by atoms with E-state index in [0.29, 0.717) is 23.6 Å². The Hall–Kier alpha value is -2.52. The molecule has 1 radical (unpaired) electrons. The first-order valence-electron chi connectivity index (χ1n) is 13.0. The minimum absolute atomic E-state index is 0. The number of hydrogen-bond acceptors (Lipinski definition) is 10. The molecule has 15 heteroatoms. The quantitative estimate of drug-likeness (QED) is 0.387. The summed E-state index contributed by atoms with van der Waals surface area (Å²) in [5.74, 6) is 0. The van der Waals surface area contributed by atoms with Gasteiger partial charge in [0.25, 0.3) is 5.56 Å². The van der Waals surface area contributed by atoms with Crippen molar-refractivity contribution < 1.29 is 52.1 Å². The average Bonchev–Trinajstić information content (AvgIpc) is 3.67. The number of hydrogen-bond donors (Lipinski definition) is 1. The number of carbonyl (C=O) groups excluding carboxylic acids is 1. The predicted molar refractivity (Wildman–Crippen MR) is 139 cm³/mol. The molecule has 0 saturated carbocycles. The molecule has 217 valence electrons. The summed E-state index contributed by atoms with van der Waals surface area (Å²) in [5, 5.41) is 26.5. The van der Waals surface area contributed by atoms with Crippen molar-refractivity contribution in [2.45, 2.75) is 91.1 Å². The van der Waals surface area contributed by atoms with Gasteiger partial charge in [-0.2, -0.15) is 12.0 Å². The van der Waals surface area contributed by atoms with E-state index in [1.807, 2.05) is 13.8 Å². The third kappa shape index (κ3) is 8.26. The van der Waals surface area contributed by atoms with Gasteiger partial charge in [0.2, 0.25) is 0 Å². The monoisotopic (exact) mass is 633 g/mol. The van der Waals surface area contributed by atoms with Crippen molar-refractivity contribution in [3.63, 3.8) is 0 Å². The second kappa shape index (κ2) is 16.1. The normalized spacial score (nSPS) is 21.8. The molecule has 14 nitrogen and oxygen atoms in total. The minimum Gasteiger partial charge on any atom is -0.542 e. The molecule has 0 bridgehead atoms. The Kier molecular flexibility index (Phi) is 13.5. The molecule has 2 fully saturated rings. The summed E-state index contributed by atoms with van der Waals surface area (Å²) in [7, 11) is 0. The van der Waals surface area contributed by atoms with Crippen LogP contribution in [0.25, 0.3) is 0 Å². The molecule has 4 atom stereocenters. The van der Waals surface area contributed by atoms with E-state index >= 15 is 0 Å². The first-order valence-corrected chi connectivity index (χ1v) is 13.0. The van der Waals surface area contributed by atoms with Crippen LogP contribution in [0.15, 0.2) is 28.2 Å². The molecular formula is C25H36N8O6Y-2. The van der Waals surface area contributed by atoms with Gasteiger partial charge in [-0.05, 0) is 26.2 Å². The fourth-order valence-electron chi connectivity index (χ4n) is 4.39. The summed E-state index contributed by atoms with van der Waals surface area (Å²) in [6.45, 7) is 11.6. The zero-order chi connectivity index (χ0) is 28.5. The van der Waals surface area contributed by atoms with E-state index in [-0.39, 0.29) is 58.4 Å². The van der Waals surface area contributed by atoms with Gasteiger partial charge in [-0.3, -0.25) is 20.2 Å². The summed E-state index contributed by atoms with van der Waals surface area (Å²) in [6, 6.07) is 0. The second-order valence-corrected chi connectivity index (χ2v) is 8.97. The molecule has 2 aliphatic rings. The number of aliphatic hydroxyl groups excluding tert-OH is 1. The van der Waals surface area contributed by atoms with Crippen LogP contribution in [0.1, 0.15) is 75.9 Å². The second-order valence-electron chi connectivity index (χ2n) is 8.97. The van der Waals surface area contributed by atoms with Gasteiger partial charge in [-0.25, -0.2) is 16.4 Å². The number of rotatable bonds is 6. The molecule has 1 unspecified atom stereocenters. The number of aromatic nitrogens is 8. The van der Waals surface area contributed by atoms with Crippen LogP contribution in [-0.2, 0) is 60.1 Å². The fourth-order valence-corrected chi connectivity index (χ4v) is 4.39. The average molecular weight is 634 g/mol. The summed E-state index contributed by atoms with van der Waals surface area (Å²) in [4.78, 5) is 34.7. The third-order valence-corrected chi connectivity index (χ3v) is 6.16. The Morgan fingerprint density at radius 1 is 1.12 bits per heavy atom. The van der Waals surface area contributed by atoms with E-state index in [9.17, 15) is 14.7 Å². The molecule has 5 heterocycles. The summed E-state index contributed by atoms with van der Waals surface area (Å²) < 4.78 is 17.3. The van der Waals surface area contributed by atoms with Crippen LogP contribution >= 0.6 is 0 Å². The zero-order valence-electron chi connectivity index (χ0n) is 23.3. The molecule has 0 aliphatic carbocycles. The molecule has 0 aromatic carbocycles. The molecule has 5 rings (SSSR count). The molecule has 2 saturated heterocycles. The van der Waals surface area contributed by atoms with Gasteiger partial charge in [-0.1, -0.05) is 36.2 Å². The topological polar surface area (TPSA) is 161 Å². The van der Waals surface area contributed by atoms with E-state index in [2.05, 4.69) is 27.5 Å². The van der Waals surface area contributed by atoms with Crippen molar-refractivity contribution in [2.24, 2.45) is 0 Å². The Labute approximate surface area is 257 Å². The Morgan fingerprint density at radius 3 is 2.48 bits per heavy atom. The predicted octanol–water partition coefficient (Wildman–Crippen LogP) is 0.919. The van der Waals surface area contributed by atoms with Crippen LogP contribution < -0.4 is 11.2 Å². The van der Waals surface area contributed by atoms with E-state index < -0.39 is 29.7 Å². The van der Waals surface area contributed by atoms with Gasteiger partial charge < -0.3 is 24.1 Å². The maximum absolute atomic E-state index is 13.3. The first-order chi connectivity index (χ1) is 18.8. The van der Waals surface area contributed by atoms with E-state index in [1.54, 1.807) is 24.0 Å². The van der Waals surface area contributed by atoms with E-state index in [0.717, 1.165) is 23.8 Å². The standard InChI is InChI=1S/C21H27N8O5.C2H3O.C2H6.Y/c1-13-8-27(19-7-16(30)17(34-19)12-26-9-14(2)22-24-26)21(32)28(20(13)31)10-15-11-29(25-23-15)18-5-3-4-6-33-18;1-2-3;1-2;/h8-9,11,16-19,30H,2-7,10,12H2,1H3;1H3;1-2H3;/q2*-1;;/t16?,17-,18-,19-;;;/m1.../s1. The van der Waals surface area contributed by atoms with Crippen LogP contribution in [0, 0.1) is 13.8 Å². The number of aliphatic hydroxyl groups is 1. The molecule has 1 N–H and O–H groups in total. The largest absolute Gasteiger partial charge is 0.542 e. The van der Waals surface area contributed by atoms with Crippen molar-refractivity contribution in [3.05, 3.63) is 63.3 Å². The molecule has 2 aliphatic heterocycles. The van der Waals surface area contributed by atoms with Crippen LogP contribution in [0.4, 0.5) is 0 Å². The van der Waals surface area contributed by atoms with E-state index in [4.69, 9.17) is 14.3 Å². The fraction of sp³-hybridized carbons (Fsp3) is 0.600. The number of nitrogens with zero attached hydrogens (tertiary/aromatic N) is 8. The van der Waals surface area contributed by atoms with Crippen molar-refractivity contribution >= 4 is 6.29 Å².